The van der Waals surface area contributed by atoms with Crippen LogP contribution in [-0.4, -0.2) is 262 Å². The average molecular weight is 1430 g/mol. The Hall–Kier alpha value is -4.41. The SMILES string of the molecule is NC(N)NCCC[C@@H](C=O)NN([C@H](C=O)CCCNC(N)N)N([C@H](C=O)CCCNC(N)N)N([C@H](C=O)CCCNC(N)N)N([C@H](C=O)CCCNC(N)N)N([C@H](C=O)CCCNC(N)N)N([C@H](C=O)CCCNC(N)N)N(N[C@H](C=O)CCCNC(N)N)[C@H](C=O)CCCNC(N)N. The molecule has 0 aliphatic carbocycles. The average Bonchev–Trinajstić information content (AvgIpc) is 0.753. The summed E-state index contributed by atoms with van der Waals surface area (Å²) in [4.78, 5) is 131. The molecule has 0 saturated heterocycles. The van der Waals surface area contributed by atoms with Crippen LogP contribution in [0, 0.1) is 0 Å². The van der Waals surface area contributed by atoms with E-state index >= 15 is 4.79 Å². The molecule has 0 saturated carbocycles. The highest BCUT2D eigenvalue weighted by atomic mass is 16.2. The van der Waals surface area contributed by atoms with Crippen molar-refractivity contribution in [2.45, 2.75) is 227 Å². The molecule has 0 amide bonds. The first-order valence-electron chi connectivity index (χ1n) is 33.6. The maximum atomic E-state index is 15.0. The van der Waals surface area contributed by atoms with Gasteiger partial charge in [0.05, 0.1) is 54.4 Å². The van der Waals surface area contributed by atoms with Gasteiger partial charge in [-0.2, -0.15) is 10.2 Å². The lowest BCUT2D eigenvalue weighted by atomic mass is 10.1. The van der Waals surface area contributed by atoms with Crippen LogP contribution in [0.3, 0.4) is 0 Å². The van der Waals surface area contributed by atoms with Gasteiger partial charge in [-0.3, -0.25) is 47.9 Å². The van der Waals surface area contributed by atoms with Crippen molar-refractivity contribution in [1.82, 2.24) is 94.5 Å². The molecule has 45 nitrogen and oxygen atoms in total. The van der Waals surface area contributed by atoms with E-state index < -0.39 is 111 Å². The fourth-order valence-corrected chi connectivity index (χ4v) is 10.2. The number of rotatable bonds is 71. The summed E-state index contributed by atoms with van der Waals surface area (Å²) < 4.78 is 0. The van der Waals surface area contributed by atoms with Gasteiger partial charge < -0.3 is 146 Å². The van der Waals surface area contributed by atoms with Crippen LogP contribution in [0.4, 0.5) is 0 Å². The van der Waals surface area contributed by atoms with Gasteiger partial charge in [-0.1, -0.05) is 0 Å². The minimum absolute atomic E-state index is 0.00328. The number of aldehydes is 9. The van der Waals surface area contributed by atoms with Gasteiger partial charge >= 0.3 is 0 Å². The third-order valence-corrected chi connectivity index (χ3v) is 15.0. The van der Waals surface area contributed by atoms with Gasteiger partial charge in [0.1, 0.15) is 113 Å². The zero-order valence-electron chi connectivity index (χ0n) is 57.4. The van der Waals surface area contributed by atoms with Crippen LogP contribution in [0.2, 0.25) is 0 Å². The summed E-state index contributed by atoms with van der Waals surface area (Å²) in [5.74, 6) is 0. The number of carbonyl (C=O) groups is 9. The van der Waals surface area contributed by atoms with Crippen LogP contribution in [-0.2, 0) is 43.2 Å². The van der Waals surface area contributed by atoms with Crippen LogP contribution < -0.4 is 162 Å². The third kappa shape index (κ3) is 42.1. The van der Waals surface area contributed by atoms with E-state index in [0.717, 1.165) is 0 Å². The van der Waals surface area contributed by atoms with Crippen molar-refractivity contribution in [3.8, 4) is 0 Å². The largest absolute Gasteiger partial charge is 0.304 e. The second kappa shape index (κ2) is 58.0. The van der Waals surface area contributed by atoms with E-state index in [9.17, 15) is 38.4 Å². The first kappa shape index (κ1) is 94.6. The van der Waals surface area contributed by atoms with Crippen molar-refractivity contribution < 1.29 is 43.2 Å². The number of nitrogens with one attached hydrogen (secondary N) is 11. The predicted molar refractivity (Wildman–Crippen MR) is 372 cm³/mol. The number of nitrogens with zero attached hydrogens (tertiary/aromatic N) is 7. The smallest absolute Gasteiger partial charge is 0.140 e. The van der Waals surface area contributed by atoms with E-state index in [1.54, 1.807) is 0 Å². The molecule has 0 heterocycles. The van der Waals surface area contributed by atoms with Crippen LogP contribution in [0.15, 0.2) is 0 Å². The van der Waals surface area contributed by atoms with Gasteiger partial charge in [-0.15, -0.1) is 25.6 Å². The zero-order valence-corrected chi connectivity index (χ0v) is 57.4. The number of hydrogen-bond acceptors (Lipinski definition) is 45. The minimum atomic E-state index is -1.73. The molecule has 0 spiro atoms. The van der Waals surface area contributed by atoms with E-state index in [1.165, 1.54) is 35.8 Å². The molecular formula is C54H128N36O9. The van der Waals surface area contributed by atoms with Gasteiger partial charge in [0.15, 0.2) is 0 Å². The highest BCUT2D eigenvalue weighted by molar-refractivity contribution is 5.63. The van der Waals surface area contributed by atoms with Crippen molar-refractivity contribution in [2.24, 2.45) is 103 Å². The second-order valence-corrected chi connectivity index (χ2v) is 23.6. The molecule has 0 bridgehead atoms. The molecule has 578 valence electrons. The normalized spacial score (nSPS) is 15.3. The Balaban J connectivity index is 11.0. The summed E-state index contributed by atoms with van der Waals surface area (Å²) in [5, 5.41) is 34.4. The second-order valence-electron chi connectivity index (χ2n) is 23.6. The maximum absolute atomic E-state index is 15.0. The first-order valence-corrected chi connectivity index (χ1v) is 33.6. The van der Waals surface area contributed by atoms with Crippen LogP contribution >= 0.6 is 0 Å². The summed E-state index contributed by atoms with van der Waals surface area (Å²) in [5.41, 5.74) is 113. The molecule has 47 N–H and O–H groups in total. The van der Waals surface area contributed by atoms with Gasteiger partial charge in [0, 0.05) is 0 Å². The predicted octanol–water partition coefficient (Wildman–Crippen LogP) is -15.2. The first-order chi connectivity index (χ1) is 47.2. The summed E-state index contributed by atoms with van der Waals surface area (Å²) >= 11 is 0. The van der Waals surface area contributed by atoms with Crippen molar-refractivity contribution in [3.05, 3.63) is 0 Å². The Bertz CT molecular complexity index is 1970. The van der Waals surface area contributed by atoms with Crippen molar-refractivity contribution in [2.75, 3.05) is 58.9 Å². The quantitative estimate of drug-likeness (QED) is 0.0116. The highest BCUT2D eigenvalue weighted by Gasteiger charge is 2.51. The zero-order chi connectivity index (χ0) is 74.7. The Morgan fingerprint density at radius 1 is 0.202 bits per heavy atom. The Kier molecular flexibility index (Phi) is 55.4. The van der Waals surface area contributed by atoms with Crippen molar-refractivity contribution >= 4 is 56.6 Å². The fourth-order valence-electron chi connectivity index (χ4n) is 10.2. The number of carbonyl (C=O) groups excluding carboxylic acids is 9. The fraction of sp³-hybridized carbons (Fsp3) is 0.833. The molecule has 0 aromatic heterocycles. The number of hydrazine groups is 8. The van der Waals surface area contributed by atoms with Crippen LogP contribution in [0.25, 0.3) is 0 Å². The molecule has 45 heteroatoms. The van der Waals surface area contributed by atoms with E-state index in [0.29, 0.717) is 56.6 Å². The molecule has 0 aromatic rings. The summed E-state index contributed by atoms with van der Waals surface area (Å²) in [6.45, 7) is 0.667. The molecule has 9 atom stereocenters. The minimum Gasteiger partial charge on any atom is -0.304 e. The van der Waals surface area contributed by atoms with Gasteiger partial charge in [0.25, 0.3) is 0 Å². The lowest BCUT2D eigenvalue weighted by Crippen LogP contribution is -2.80. The third-order valence-electron chi connectivity index (χ3n) is 15.0. The molecule has 0 fully saturated rings. The summed E-state index contributed by atoms with van der Waals surface area (Å²) in [7, 11) is 0. The molecule has 0 unspecified atom stereocenters. The molecular weight excluding hydrogens is 1300 g/mol. The van der Waals surface area contributed by atoms with E-state index in [1.807, 2.05) is 0 Å². The topological polar surface area (TPSA) is 777 Å². The maximum Gasteiger partial charge on any atom is 0.140 e. The highest BCUT2D eigenvalue weighted by Crippen LogP contribution is 2.32. The monoisotopic (exact) mass is 1430 g/mol. The standard InChI is InChI=1S/C54H128N36O9/c55-46(56)73-19-1-10-37(28-91)82-84(39(30-93)12-3-21-75-48(59)60)86(41(32-95)14-5-23-77-50(63)64)88(43(34-97)16-7-25-79-52(67)68)90(45(36-99)18-9-27-81-54(71)72)89(44(35-98)17-8-26-80-53(69)70)87(42(33-96)15-6-24-78-51(65)66)85(40(31-94)13-4-22-76-49(61)62)83-38(29-92)11-2-20-74-47(57)58/h28-54,73-83H,1-27,55-72H2/t37-,38-,39-,40-,41-,42-,43-,44-,45-/m0/s1. The molecule has 0 aromatic carbocycles. The summed E-state index contributed by atoms with van der Waals surface area (Å²) in [6.07, 6.45) is -5.62. The van der Waals surface area contributed by atoms with Gasteiger partial charge in [0.2, 0.25) is 0 Å². The molecule has 0 radical (unpaired) electrons. The van der Waals surface area contributed by atoms with E-state index in [4.69, 9.17) is 103 Å². The van der Waals surface area contributed by atoms with Crippen molar-refractivity contribution in [1.29, 1.82) is 0 Å². The molecule has 0 aliphatic rings. The van der Waals surface area contributed by atoms with Gasteiger partial charge in [-0.25, -0.2) is 10.9 Å². The Labute approximate surface area is 581 Å². The Morgan fingerprint density at radius 2 is 0.354 bits per heavy atom. The molecule has 99 heavy (non-hydrogen) atoms. The molecule has 0 aliphatic heterocycles. The molecule has 0 rings (SSSR count). The van der Waals surface area contributed by atoms with Crippen molar-refractivity contribution in [3.63, 3.8) is 0 Å². The Morgan fingerprint density at radius 3 is 0.515 bits per heavy atom. The number of nitrogens with two attached hydrogens (primary N) is 18. The lowest BCUT2D eigenvalue weighted by molar-refractivity contribution is -0.443. The van der Waals surface area contributed by atoms with Crippen LogP contribution in [0.5, 0.6) is 0 Å². The van der Waals surface area contributed by atoms with Crippen LogP contribution in [0.1, 0.15) is 116 Å². The summed E-state index contributed by atoms with van der Waals surface area (Å²) in [6, 6.07) is -13.9. The van der Waals surface area contributed by atoms with E-state index in [2.05, 4.69) is 58.7 Å². The van der Waals surface area contributed by atoms with E-state index in [-0.39, 0.29) is 174 Å². The lowest BCUT2D eigenvalue weighted by Gasteiger charge is -2.59. The van der Waals surface area contributed by atoms with Gasteiger partial charge in [-0.05, 0) is 174 Å². The number of hydrogen-bond donors (Lipinski definition) is 29.